The summed E-state index contributed by atoms with van der Waals surface area (Å²) in [7, 11) is 1.94. The number of alkyl halides is 24. The van der Waals surface area contributed by atoms with Gasteiger partial charge in [-0.2, -0.15) is 70.2 Å². The molecule has 80 heavy (non-hydrogen) atoms. The monoisotopic (exact) mass is 1240 g/mol. The van der Waals surface area contributed by atoms with Crippen LogP contribution in [0.5, 0.6) is 0 Å². The zero-order valence-corrected chi connectivity index (χ0v) is 47.1. The fourth-order valence-corrected chi connectivity index (χ4v) is 15.2. The Bertz CT molecular complexity index is 1710. The SMILES string of the molecule is CCCCCCC(F)(F)C(F)(F)[C](F)(F)[Al-]([C](F)(F)C(F)(F)C(F)(F)CCCCCC)([C](F)(F)C(F)(F)C(F)(F)CCCCCC)[C](F)(F)C(F)(F)C(F)(F)CCCCCC.CCCCCCCCC[NH+](C)c1ccc(F)cc1F. The minimum Gasteiger partial charge on any atom is -0.302 e. The lowest BCUT2D eigenvalue weighted by Gasteiger charge is -2.61. The Hall–Kier alpha value is -2.11. The van der Waals surface area contributed by atoms with Gasteiger partial charge in [-0.3, -0.25) is 35.1 Å². The maximum Gasteiger partial charge on any atom is 0.540 e. The highest BCUT2D eigenvalue weighted by molar-refractivity contribution is 6.89. The van der Waals surface area contributed by atoms with Crippen molar-refractivity contribution >= 4 is 18.8 Å². The van der Waals surface area contributed by atoms with Crippen molar-refractivity contribution in [3.63, 3.8) is 0 Å². The Kier molecular flexibility index (Phi) is 30.5. The van der Waals surface area contributed by atoms with Gasteiger partial charge in [0.2, 0.25) is 0 Å². The Labute approximate surface area is 454 Å². The third-order valence-corrected chi connectivity index (χ3v) is 20.4. The summed E-state index contributed by atoms with van der Waals surface area (Å²) in [6.45, 7) is 8.20. The molecule has 0 fully saturated rings. The number of unbranched alkanes of at least 4 members (excludes halogenated alkanes) is 18. The molecule has 476 valence electrons. The molecule has 28 heteroatoms. The summed E-state index contributed by atoms with van der Waals surface area (Å²) < 4.78 is 406. The van der Waals surface area contributed by atoms with Crippen LogP contribution < -0.4 is 4.90 Å². The molecule has 0 saturated carbocycles. The van der Waals surface area contributed by atoms with Crippen molar-refractivity contribution in [1.82, 2.24) is 0 Å². The van der Waals surface area contributed by atoms with Crippen LogP contribution >= 0.6 is 0 Å². The lowest BCUT2D eigenvalue weighted by Crippen LogP contribution is -3.04. The van der Waals surface area contributed by atoms with Crippen LogP contribution in [-0.4, -0.2) is 93.2 Å². The van der Waals surface area contributed by atoms with E-state index in [-0.39, 0.29) is 51.4 Å². The molecule has 1 rings (SSSR count). The Morgan fingerprint density at radius 2 is 0.550 bits per heavy atom. The van der Waals surface area contributed by atoms with E-state index in [0.717, 1.165) is 23.9 Å². The predicted molar refractivity (Wildman–Crippen MR) is 256 cm³/mol. The second-order valence-corrected chi connectivity index (χ2v) is 25.6. The number of hydrogen-bond donors (Lipinski definition) is 1. The van der Waals surface area contributed by atoms with Crippen molar-refractivity contribution in [1.29, 1.82) is 0 Å². The maximum absolute atomic E-state index is 16.6. The van der Waals surface area contributed by atoms with Crippen LogP contribution in [0.3, 0.4) is 0 Å². The summed E-state index contributed by atoms with van der Waals surface area (Å²) >= 11 is -13.7. The van der Waals surface area contributed by atoms with Gasteiger partial charge in [0.05, 0.1) is 13.6 Å². The van der Waals surface area contributed by atoms with E-state index in [1.807, 2.05) is 7.05 Å². The fourth-order valence-electron chi connectivity index (χ4n) is 9.47. The molecule has 0 amide bonds. The standard InChI is InChI=1S/C16H25F2N.4C9H13F6.Al/c1-3-4-5-6-7-8-9-12-19(2)16-11-10-14(17)13-15(16)18;4*1-2-3-4-5-6-8(12,13)9(14,15)7(10)11;/h10-11,13H,3-9,12H2,1-2H3;4*2-6H2,1H3;/q;;;;;-1/p+1. The largest absolute Gasteiger partial charge is 0.540 e. The zero-order valence-electron chi connectivity index (χ0n) is 45.9. The first-order valence-electron chi connectivity index (χ1n) is 27.4. The Balaban J connectivity index is 0.00000274. The zero-order chi connectivity index (χ0) is 62.7. The molecule has 1 N–H and O–H groups in total. The van der Waals surface area contributed by atoms with Gasteiger partial charge in [-0.15, -0.1) is 0 Å². The number of quaternary nitrogens is 1. The van der Waals surface area contributed by atoms with Gasteiger partial charge in [-0.25, -0.2) is 8.78 Å². The molecule has 1 nitrogen and oxygen atoms in total. The summed E-state index contributed by atoms with van der Waals surface area (Å²) in [5.74, 6) is -64.8. The Morgan fingerprint density at radius 1 is 0.325 bits per heavy atom. The maximum atomic E-state index is 16.6. The highest BCUT2D eigenvalue weighted by Crippen LogP contribution is 2.73. The summed E-state index contributed by atoms with van der Waals surface area (Å²) in [4.78, 5) is -37.8. The van der Waals surface area contributed by atoms with E-state index in [1.54, 1.807) is 6.07 Å². The molecule has 0 aliphatic heterocycles. The molecular weight excluding hydrogens is 1160 g/mol. The number of nitrogens with one attached hydrogen (secondary N) is 1. The van der Waals surface area contributed by atoms with Gasteiger partial charge in [0.1, 0.15) is 5.82 Å². The molecule has 0 aliphatic rings. The molecule has 1 aromatic carbocycles. The van der Waals surface area contributed by atoms with Gasteiger partial charge in [-0.1, -0.05) is 144 Å². The van der Waals surface area contributed by atoms with Crippen molar-refractivity contribution in [3.05, 3.63) is 29.8 Å². The third kappa shape index (κ3) is 16.7. The lowest BCUT2D eigenvalue weighted by atomic mass is 10.0. The van der Waals surface area contributed by atoms with Gasteiger partial charge < -0.3 is 4.90 Å². The minimum atomic E-state index is -13.7. The van der Waals surface area contributed by atoms with Gasteiger partial charge in [0, 0.05) is 37.8 Å². The second-order valence-electron chi connectivity index (χ2n) is 21.0. The molecule has 0 bridgehead atoms. The van der Waals surface area contributed by atoms with Crippen LogP contribution in [0.25, 0.3) is 0 Å². The quantitative estimate of drug-likeness (QED) is 0.0379. The van der Waals surface area contributed by atoms with Crippen molar-refractivity contribution in [2.75, 3.05) is 13.6 Å². The first-order chi connectivity index (χ1) is 36.4. The number of halogens is 26. The van der Waals surface area contributed by atoms with E-state index in [1.165, 1.54) is 72.3 Å². The minimum absolute atomic E-state index is 0.0363. The second kappa shape index (κ2) is 31.3. The molecule has 1 aromatic rings. The molecule has 1 atom stereocenters. The van der Waals surface area contributed by atoms with Crippen LogP contribution in [0.1, 0.15) is 208 Å². The van der Waals surface area contributed by atoms with E-state index in [4.69, 9.17) is 0 Å². The van der Waals surface area contributed by atoms with E-state index in [0.29, 0.717) is 5.69 Å². The van der Waals surface area contributed by atoms with Crippen molar-refractivity contribution < 1.29 is 119 Å². The van der Waals surface area contributed by atoms with Gasteiger partial charge in [-0.05, 0) is 44.6 Å². The summed E-state index contributed by atoms with van der Waals surface area (Å²) in [5.41, 5.74) is 0.562. The fraction of sp³-hybridized carbons (Fsp3) is 0.885. The van der Waals surface area contributed by atoms with Gasteiger partial charge >= 0.3 is 60.5 Å². The van der Waals surface area contributed by atoms with E-state index < -0.39 is 168 Å². The number of benzene rings is 1. The molecule has 0 spiro atoms. The highest BCUT2D eigenvalue weighted by atomic mass is 27.3. The van der Waals surface area contributed by atoms with E-state index in [2.05, 4.69) is 6.92 Å². The highest BCUT2D eigenvalue weighted by Gasteiger charge is 3.07. The smallest absolute Gasteiger partial charge is 0.302 e. The van der Waals surface area contributed by atoms with Crippen LogP contribution in [-0.2, 0) is 0 Å². The first kappa shape index (κ1) is 77.9. The van der Waals surface area contributed by atoms with Crippen LogP contribution in [0.4, 0.5) is 120 Å². The topological polar surface area (TPSA) is 4.44 Å². The number of hydrogen-bond acceptors (Lipinski definition) is 0. The molecule has 0 heterocycles. The molecule has 0 aliphatic carbocycles. The molecule has 0 saturated heterocycles. The van der Waals surface area contributed by atoms with E-state index >= 15 is 105 Å². The van der Waals surface area contributed by atoms with Crippen molar-refractivity contribution in [2.45, 2.75) is 274 Å². The van der Waals surface area contributed by atoms with E-state index in [9.17, 15) is 8.78 Å². The molecule has 0 radical (unpaired) electrons. The summed E-state index contributed by atoms with van der Waals surface area (Å²) in [5, 5.41) is 0. The molecule has 1 unspecified atom stereocenters. The van der Waals surface area contributed by atoms with Crippen LogP contribution in [0.2, 0.25) is 0 Å². The third-order valence-electron chi connectivity index (χ3n) is 14.6. The van der Waals surface area contributed by atoms with Crippen LogP contribution in [0.15, 0.2) is 18.2 Å². The summed E-state index contributed by atoms with van der Waals surface area (Å²) in [6, 6.07) is 3.83. The average Bonchev–Trinajstić information content (AvgIpc) is 3.33. The Morgan fingerprint density at radius 3 is 0.787 bits per heavy atom. The van der Waals surface area contributed by atoms with Crippen LogP contribution in [0, 0.1) is 11.6 Å². The normalized spacial score (nSPS) is 14.8. The number of rotatable bonds is 41. The average molecular weight is 1240 g/mol. The first-order valence-corrected chi connectivity index (χ1v) is 29.7. The molecular formula is C52H78AlF26N. The van der Waals surface area contributed by atoms with Gasteiger partial charge in [0.25, 0.3) is 0 Å². The van der Waals surface area contributed by atoms with Gasteiger partial charge in [0.15, 0.2) is 30.6 Å². The summed E-state index contributed by atoms with van der Waals surface area (Å²) in [6.07, 6.45) is -14.1. The van der Waals surface area contributed by atoms with Crippen molar-refractivity contribution in [3.8, 4) is 0 Å². The van der Waals surface area contributed by atoms with Crippen molar-refractivity contribution in [2.24, 2.45) is 0 Å². The predicted octanol–water partition coefficient (Wildman–Crippen LogP) is 21.0. The lowest BCUT2D eigenvalue weighted by molar-refractivity contribution is -0.811. The molecule has 0 aromatic heterocycles.